The Morgan fingerprint density at radius 1 is 0.320 bits per heavy atom. The van der Waals surface area contributed by atoms with Gasteiger partial charge < -0.3 is 9.47 Å². The van der Waals surface area contributed by atoms with Gasteiger partial charge in [-0.15, -0.1) is 0 Å². The Morgan fingerprint density at radius 3 is 1.48 bits per heavy atom. The van der Waals surface area contributed by atoms with Gasteiger partial charge in [0, 0.05) is 33.4 Å². The van der Waals surface area contributed by atoms with Crippen molar-refractivity contribution in [2.24, 2.45) is 0 Å². The van der Waals surface area contributed by atoms with Crippen LogP contribution in [0, 0.1) is 0 Å². The van der Waals surface area contributed by atoms with Gasteiger partial charge in [-0.25, -0.2) is 0 Å². The van der Waals surface area contributed by atoms with Crippen molar-refractivity contribution >= 4 is 38.9 Å². The number of aromatic nitrogens is 1. The van der Waals surface area contributed by atoms with Crippen molar-refractivity contribution < 1.29 is 0 Å². The summed E-state index contributed by atoms with van der Waals surface area (Å²) in [6, 6.07) is 74.0. The lowest BCUT2D eigenvalue weighted by atomic mass is 10.00. The molecule has 1 aromatic heterocycles. The molecule has 236 valence electrons. The zero-order chi connectivity index (χ0) is 33.3. The number of para-hydroxylation sites is 3. The van der Waals surface area contributed by atoms with Crippen LogP contribution in [0.5, 0.6) is 0 Å². The molecule has 0 amide bonds. The molecule has 0 saturated carbocycles. The van der Waals surface area contributed by atoms with Gasteiger partial charge in [-0.3, -0.25) is 0 Å². The summed E-state index contributed by atoms with van der Waals surface area (Å²) in [5.41, 5.74) is 14.1. The molecule has 0 fully saturated rings. The van der Waals surface area contributed by atoms with E-state index in [0.29, 0.717) is 0 Å². The normalized spacial score (nSPS) is 11.2. The monoisotopic (exact) mass is 638 g/mol. The van der Waals surface area contributed by atoms with Crippen LogP contribution in [0.3, 0.4) is 0 Å². The van der Waals surface area contributed by atoms with Crippen LogP contribution in [0.15, 0.2) is 206 Å². The molecule has 0 aliphatic carbocycles. The minimum atomic E-state index is 1.10. The zero-order valence-corrected chi connectivity index (χ0v) is 27.5. The van der Waals surface area contributed by atoms with Gasteiger partial charge in [-0.2, -0.15) is 0 Å². The SMILES string of the molecule is c1ccc(-c2cccc(N(c3ccc(-c4ccc(-n5c6ccccc6c6ccccc65)cc4)cc3)c3ccccc3-c3ccccc3)c2)cc1. The minimum Gasteiger partial charge on any atom is -0.310 e. The number of rotatable bonds is 7. The second kappa shape index (κ2) is 12.8. The minimum absolute atomic E-state index is 1.10. The Morgan fingerprint density at radius 2 is 0.820 bits per heavy atom. The molecule has 8 aromatic carbocycles. The van der Waals surface area contributed by atoms with E-state index in [1.807, 2.05) is 0 Å². The third kappa shape index (κ3) is 5.34. The summed E-state index contributed by atoms with van der Waals surface area (Å²) < 4.78 is 2.36. The van der Waals surface area contributed by atoms with Gasteiger partial charge >= 0.3 is 0 Å². The maximum Gasteiger partial charge on any atom is 0.0541 e. The maximum atomic E-state index is 2.38. The summed E-state index contributed by atoms with van der Waals surface area (Å²) in [5, 5.41) is 2.55. The van der Waals surface area contributed by atoms with E-state index in [1.165, 1.54) is 55.2 Å². The topological polar surface area (TPSA) is 8.17 Å². The highest BCUT2D eigenvalue weighted by Gasteiger charge is 2.18. The summed E-state index contributed by atoms with van der Waals surface area (Å²) in [5.74, 6) is 0. The number of nitrogens with zero attached hydrogens (tertiary/aromatic N) is 2. The number of hydrogen-bond acceptors (Lipinski definition) is 1. The van der Waals surface area contributed by atoms with Crippen LogP contribution < -0.4 is 4.90 Å². The first kappa shape index (κ1) is 29.5. The van der Waals surface area contributed by atoms with E-state index in [-0.39, 0.29) is 0 Å². The average molecular weight is 639 g/mol. The molecule has 9 rings (SSSR count). The highest BCUT2D eigenvalue weighted by molar-refractivity contribution is 6.09. The van der Waals surface area contributed by atoms with Crippen molar-refractivity contribution in [1.29, 1.82) is 0 Å². The van der Waals surface area contributed by atoms with Gasteiger partial charge in [0.05, 0.1) is 16.7 Å². The molecule has 0 N–H and O–H groups in total. The van der Waals surface area contributed by atoms with E-state index < -0.39 is 0 Å². The zero-order valence-electron chi connectivity index (χ0n) is 27.5. The fourth-order valence-corrected chi connectivity index (χ4v) is 7.22. The first-order chi connectivity index (χ1) is 24.8. The van der Waals surface area contributed by atoms with Gasteiger partial charge in [0.1, 0.15) is 0 Å². The predicted octanol–water partition coefficient (Wildman–Crippen LogP) is 13.3. The molecule has 9 aromatic rings. The second-order valence-corrected chi connectivity index (χ2v) is 12.6. The second-order valence-electron chi connectivity index (χ2n) is 12.6. The Labute approximate surface area is 292 Å². The van der Waals surface area contributed by atoms with E-state index in [0.717, 1.165) is 22.7 Å². The number of anilines is 3. The van der Waals surface area contributed by atoms with Gasteiger partial charge in [0.15, 0.2) is 0 Å². The molecule has 0 atom stereocenters. The third-order valence-corrected chi connectivity index (χ3v) is 9.61. The summed E-state index contributed by atoms with van der Waals surface area (Å²) in [4.78, 5) is 2.38. The summed E-state index contributed by atoms with van der Waals surface area (Å²) in [6.07, 6.45) is 0. The van der Waals surface area contributed by atoms with Crippen LogP contribution in [0.1, 0.15) is 0 Å². The van der Waals surface area contributed by atoms with Crippen molar-refractivity contribution in [3.63, 3.8) is 0 Å². The molecule has 0 unspecified atom stereocenters. The molecule has 50 heavy (non-hydrogen) atoms. The van der Waals surface area contributed by atoms with Crippen molar-refractivity contribution in [2.45, 2.75) is 0 Å². The van der Waals surface area contributed by atoms with Crippen molar-refractivity contribution in [3.05, 3.63) is 206 Å². The lowest BCUT2D eigenvalue weighted by Gasteiger charge is -2.28. The average Bonchev–Trinajstić information content (AvgIpc) is 3.54. The molecule has 2 heteroatoms. The predicted molar refractivity (Wildman–Crippen MR) is 212 cm³/mol. The molecule has 1 heterocycles. The number of fused-ring (bicyclic) bond motifs is 3. The fourth-order valence-electron chi connectivity index (χ4n) is 7.22. The van der Waals surface area contributed by atoms with Crippen LogP contribution in [-0.4, -0.2) is 4.57 Å². The van der Waals surface area contributed by atoms with E-state index in [2.05, 4.69) is 216 Å². The fraction of sp³-hybridized carbons (Fsp3) is 0. The first-order valence-corrected chi connectivity index (χ1v) is 17.1. The molecule has 0 aliphatic heterocycles. The molecule has 0 aliphatic rings. The van der Waals surface area contributed by atoms with Crippen LogP contribution in [0.2, 0.25) is 0 Å². The van der Waals surface area contributed by atoms with Crippen LogP contribution in [0.25, 0.3) is 60.9 Å². The van der Waals surface area contributed by atoms with Crippen molar-refractivity contribution in [2.75, 3.05) is 4.90 Å². The molecule has 0 bridgehead atoms. The third-order valence-electron chi connectivity index (χ3n) is 9.61. The van der Waals surface area contributed by atoms with E-state index in [9.17, 15) is 0 Å². The first-order valence-electron chi connectivity index (χ1n) is 17.1. The standard InChI is InChI=1S/C48H34N2/c1-3-14-35(15-4-1)39-18-13-19-42(34-39)49(46-23-10-7-20-43(46)38-16-5-2-6-17-38)40-30-26-36(27-31-40)37-28-32-41(33-29-37)50-47-24-11-8-21-44(47)45-22-9-12-25-48(45)50/h1-34H. The van der Waals surface area contributed by atoms with E-state index >= 15 is 0 Å². The van der Waals surface area contributed by atoms with Gasteiger partial charge in [-0.1, -0.05) is 152 Å². The molecular formula is C48H34N2. The van der Waals surface area contributed by atoms with Gasteiger partial charge in [-0.05, 0) is 82.4 Å². The highest BCUT2D eigenvalue weighted by Crippen LogP contribution is 2.42. The lowest BCUT2D eigenvalue weighted by Crippen LogP contribution is -2.11. The van der Waals surface area contributed by atoms with E-state index in [4.69, 9.17) is 0 Å². The maximum absolute atomic E-state index is 2.38. The lowest BCUT2D eigenvalue weighted by molar-refractivity contribution is 1.18. The van der Waals surface area contributed by atoms with Gasteiger partial charge in [0.2, 0.25) is 0 Å². The van der Waals surface area contributed by atoms with Gasteiger partial charge in [0.25, 0.3) is 0 Å². The molecule has 0 radical (unpaired) electrons. The summed E-state index contributed by atoms with van der Waals surface area (Å²) >= 11 is 0. The Hall–Kier alpha value is -6.64. The molecular weight excluding hydrogens is 605 g/mol. The quantitative estimate of drug-likeness (QED) is 0.169. The Balaban J connectivity index is 1.11. The molecule has 0 spiro atoms. The Kier molecular flexibility index (Phi) is 7.53. The summed E-state index contributed by atoms with van der Waals surface area (Å²) in [7, 11) is 0. The summed E-state index contributed by atoms with van der Waals surface area (Å²) in [6.45, 7) is 0. The Bertz CT molecular complexity index is 2510. The van der Waals surface area contributed by atoms with Crippen molar-refractivity contribution in [3.8, 4) is 39.1 Å². The highest BCUT2D eigenvalue weighted by atomic mass is 15.1. The number of benzene rings is 8. The van der Waals surface area contributed by atoms with Crippen LogP contribution in [0.4, 0.5) is 17.1 Å². The van der Waals surface area contributed by atoms with E-state index in [1.54, 1.807) is 0 Å². The van der Waals surface area contributed by atoms with Crippen LogP contribution in [-0.2, 0) is 0 Å². The largest absolute Gasteiger partial charge is 0.310 e. The van der Waals surface area contributed by atoms with Crippen molar-refractivity contribution in [1.82, 2.24) is 4.57 Å². The smallest absolute Gasteiger partial charge is 0.0541 e. The molecule has 2 nitrogen and oxygen atoms in total. The number of hydrogen-bond donors (Lipinski definition) is 0. The van der Waals surface area contributed by atoms with Crippen LogP contribution >= 0.6 is 0 Å². The molecule has 0 saturated heterocycles.